The number of benzene rings is 4. The lowest BCUT2D eigenvalue weighted by atomic mass is 9.79. The number of nitrogens with two attached hydrogens (primary N) is 2. The van der Waals surface area contributed by atoms with Gasteiger partial charge in [0.25, 0.3) is 17.7 Å². The third-order valence-corrected chi connectivity index (χ3v) is 12.6. The molecule has 4 aliphatic heterocycles. The fourth-order valence-electron chi connectivity index (χ4n) is 9.21. The van der Waals surface area contributed by atoms with Crippen LogP contribution in [0.5, 0.6) is 5.75 Å². The van der Waals surface area contributed by atoms with Crippen LogP contribution in [0.3, 0.4) is 0 Å². The lowest BCUT2D eigenvalue weighted by molar-refractivity contribution is -0.132. The van der Waals surface area contributed by atoms with E-state index in [4.69, 9.17) is 25.5 Å². The van der Waals surface area contributed by atoms with Gasteiger partial charge < -0.3 is 45.2 Å². The number of rotatable bonds is 10. The topological polar surface area (TPSA) is 156 Å². The summed E-state index contributed by atoms with van der Waals surface area (Å²) >= 11 is 0. The molecule has 1 aromatic heterocycles. The van der Waals surface area contributed by atoms with Gasteiger partial charge in [0.05, 0.1) is 12.2 Å². The smallest absolute Gasteiger partial charge is 0.484 e. The molecule has 4 saturated heterocycles. The van der Waals surface area contributed by atoms with Crippen LogP contribution in [0.1, 0.15) is 80.6 Å². The number of H-pyrrole nitrogens is 1. The van der Waals surface area contributed by atoms with Gasteiger partial charge >= 0.3 is 7.12 Å². The molecule has 0 unspecified atom stereocenters. The molecule has 59 heavy (non-hydrogen) atoms. The number of fused-ring (bicyclic) bond motifs is 2. The second-order valence-electron chi connectivity index (χ2n) is 16.4. The summed E-state index contributed by atoms with van der Waals surface area (Å²) < 4.78 is 18.5. The number of carbonyl (C=O) groups is 3. The molecule has 13 heteroatoms. The van der Waals surface area contributed by atoms with E-state index in [9.17, 15) is 14.4 Å². The lowest BCUT2D eigenvalue weighted by Crippen LogP contribution is -2.39. The molecule has 3 amide bonds. The summed E-state index contributed by atoms with van der Waals surface area (Å²) in [5.41, 5.74) is 19.4. The van der Waals surface area contributed by atoms with Crippen LogP contribution in [0.4, 0.5) is 0 Å². The van der Waals surface area contributed by atoms with Crippen molar-refractivity contribution in [2.24, 2.45) is 11.5 Å². The lowest BCUT2D eigenvalue weighted by Gasteiger charge is -2.32. The largest absolute Gasteiger partial charge is 0.494 e. The van der Waals surface area contributed by atoms with E-state index in [1.165, 1.54) is 11.1 Å². The second kappa shape index (κ2) is 17.0. The SMILES string of the molecule is NCc1cccc(C2CCN(C(=O)c3cccc(OCC(=O)N4C[C@H]5OB(c6ccc7cc(C(=O)N8CCC(c9cccc(CN)c9)CC8)[nH]c7c6)O[C@@H]5C4)c3)CC2)c1. The molecular formula is C46H51BN6O6. The van der Waals surface area contributed by atoms with Crippen LogP contribution in [-0.2, 0) is 27.2 Å². The van der Waals surface area contributed by atoms with Crippen LogP contribution in [0.25, 0.3) is 10.9 Å². The molecule has 4 aliphatic rings. The van der Waals surface area contributed by atoms with Crippen LogP contribution in [0, 0.1) is 0 Å². The molecule has 0 spiro atoms. The van der Waals surface area contributed by atoms with Gasteiger partial charge in [0.15, 0.2) is 6.61 Å². The van der Waals surface area contributed by atoms with Crippen LogP contribution in [0.2, 0.25) is 0 Å². The highest BCUT2D eigenvalue weighted by atomic mass is 16.7. The van der Waals surface area contributed by atoms with Gasteiger partial charge in [-0.1, -0.05) is 66.7 Å². The quantitative estimate of drug-likeness (QED) is 0.174. The molecule has 9 rings (SSSR count). The summed E-state index contributed by atoms with van der Waals surface area (Å²) in [5, 5.41) is 0.945. The molecule has 4 aromatic carbocycles. The summed E-state index contributed by atoms with van der Waals surface area (Å²) in [7, 11) is -0.574. The van der Waals surface area contributed by atoms with Crippen LogP contribution < -0.4 is 21.7 Å². The van der Waals surface area contributed by atoms with Crippen molar-refractivity contribution < 1.29 is 28.4 Å². The van der Waals surface area contributed by atoms with E-state index < -0.39 is 7.12 Å². The van der Waals surface area contributed by atoms with Crippen LogP contribution >= 0.6 is 0 Å². The van der Waals surface area contributed by atoms with Crippen molar-refractivity contribution in [3.05, 3.63) is 131 Å². The molecule has 5 heterocycles. The van der Waals surface area contributed by atoms with E-state index in [2.05, 4.69) is 47.4 Å². The average molecular weight is 795 g/mol. The number of likely N-dealkylation sites (tertiary alicyclic amines) is 3. The van der Waals surface area contributed by atoms with E-state index in [0.29, 0.717) is 81.2 Å². The minimum absolute atomic E-state index is 0.00649. The van der Waals surface area contributed by atoms with E-state index >= 15 is 0 Å². The summed E-state index contributed by atoms with van der Waals surface area (Å²) in [6.45, 7) is 4.45. The molecule has 0 aliphatic carbocycles. The predicted molar refractivity (Wildman–Crippen MR) is 226 cm³/mol. The Morgan fingerprint density at radius 3 is 1.88 bits per heavy atom. The van der Waals surface area contributed by atoms with Gasteiger partial charge in [-0.15, -0.1) is 0 Å². The minimum atomic E-state index is -0.574. The average Bonchev–Trinajstić information content (AvgIpc) is 4.02. The number of ether oxygens (including phenoxy) is 1. The van der Waals surface area contributed by atoms with Crippen LogP contribution in [-0.4, -0.2) is 103 Å². The fourth-order valence-corrected chi connectivity index (χ4v) is 9.21. The minimum Gasteiger partial charge on any atom is -0.484 e. The van der Waals surface area contributed by atoms with Crippen molar-refractivity contribution in [1.29, 1.82) is 0 Å². The molecule has 4 fully saturated rings. The van der Waals surface area contributed by atoms with Crippen molar-refractivity contribution in [3.8, 4) is 5.75 Å². The van der Waals surface area contributed by atoms with Crippen molar-refractivity contribution in [3.63, 3.8) is 0 Å². The highest BCUT2D eigenvalue weighted by molar-refractivity contribution is 6.62. The maximum absolute atomic E-state index is 13.5. The Bertz CT molecular complexity index is 2320. The Hall–Kier alpha value is -5.47. The van der Waals surface area contributed by atoms with Crippen molar-refractivity contribution in [2.45, 2.75) is 62.8 Å². The number of aromatic nitrogens is 1. The predicted octanol–water partition coefficient (Wildman–Crippen LogP) is 4.53. The maximum Gasteiger partial charge on any atom is 0.494 e. The highest BCUT2D eigenvalue weighted by Crippen LogP contribution is 2.32. The zero-order valence-corrected chi connectivity index (χ0v) is 33.3. The normalized spacial score (nSPS) is 20.0. The molecule has 304 valence electrons. The Morgan fingerprint density at radius 2 is 1.27 bits per heavy atom. The Morgan fingerprint density at radius 1 is 0.678 bits per heavy atom. The number of amides is 3. The third kappa shape index (κ3) is 8.38. The highest BCUT2D eigenvalue weighted by Gasteiger charge is 2.47. The number of nitrogens with one attached hydrogen (secondary N) is 1. The van der Waals surface area contributed by atoms with Crippen molar-refractivity contribution in [1.82, 2.24) is 19.7 Å². The monoisotopic (exact) mass is 794 g/mol. The van der Waals surface area contributed by atoms with Gasteiger partial charge in [-0.25, -0.2) is 0 Å². The number of carbonyl (C=O) groups excluding carboxylic acids is 3. The number of hydrogen-bond acceptors (Lipinski definition) is 8. The first-order valence-electron chi connectivity index (χ1n) is 20.9. The first kappa shape index (κ1) is 39.0. The summed E-state index contributed by atoms with van der Waals surface area (Å²) in [6.07, 6.45) is 3.10. The van der Waals surface area contributed by atoms with Gasteiger partial charge in [0, 0.05) is 68.8 Å². The first-order valence-corrected chi connectivity index (χ1v) is 20.9. The Kier molecular flexibility index (Phi) is 11.3. The summed E-state index contributed by atoms with van der Waals surface area (Å²) in [6, 6.07) is 31.8. The van der Waals surface area contributed by atoms with Gasteiger partial charge in [-0.3, -0.25) is 14.4 Å². The van der Waals surface area contributed by atoms with Crippen molar-refractivity contribution in [2.75, 3.05) is 45.9 Å². The Balaban J connectivity index is 0.739. The third-order valence-electron chi connectivity index (χ3n) is 12.6. The van der Waals surface area contributed by atoms with E-state index in [1.807, 2.05) is 40.1 Å². The molecule has 0 saturated carbocycles. The van der Waals surface area contributed by atoms with Gasteiger partial charge in [0.1, 0.15) is 11.4 Å². The van der Waals surface area contributed by atoms with Gasteiger partial charge in [-0.05, 0) is 95.6 Å². The fraction of sp³-hybridized carbons (Fsp3) is 0.370. The molecule has 2 atom stereocenters. The second-order valence-corrected chi connectivity index (χ2v) is 16.4. The molecule has 12 nitrogen and oxygen atoms in total. The summed E-state index contributed by atoms with van der Waals surface area (Å²) in [4.78, 5) is 49.1. The molecule has 0 bridgehead atoms. The zero-order chi connectivity index (χ0) is 40.5. The molecule has 5 N–H and O–H groups in total. The van der Waals surface area contributed by atoms with Gasteiger partial charge in [-0.2, -0.15) is 0 Å². The van der Waals surface area contributed by atoms with E-state index in [1.54, 1.807) is 29.2 Å². The summed E-state index contributed by atoms with van der Waals surface area (Å²) in [5.74, 6) is 1.11. The number of nitrogens with zero attached hydrogens (tertiary/aromatic N) is 3. The number of aromatic amines is 1. The maximum atomic E-state index is 13.5. The number of hydrogen-bond donors (Lipinski definition) is 3. The van der Waals surface area contributed by atoms with Crippen LogP contribution in [0.15, 0.2) is 97.1 Å². The first-order chi connectivity index (χ1) is 28.8. The van der Waals surface area contributed by atoms with E-state index in [-0.39, 0.29) is 36.5 Å². The standard InChI is InChI=1S/C46H51BN6O6/c48-25-30-4-1-6-34(20-30)32-12-16-51(17-13-32)45(55)37-8-3-9-39(22-37)57-29-44(54)53-27-42-43(28-53)59-47(58-42)38-11-10-36-23-41(50-40(36)24-38)46(56)52-18-14-33(15-19-52)35-7-2-5-31(21-35)26-49/h1-11,20-24,32-33,42-43,50H,12-19,25-29,48-49H2/t42-,43-/m1/s1. The molecule has 5 aromatic rings. The number of piperidine rings is 2. The van der Waals surface area contributed by atoms with Gasteiger partial charge in [0.2, 0.25) is 0 Å². The van der Waals surface area contributed by atoms with Crippen molar-refractivity contribution >= 4 is 41.2 Å². The zero-order valence-electron chi connectivity index (χ0n) is 33.3. The van der Waals surface area contributed by atoms with E-state index in [0.717, 1.165) is 53.2 Å². The molecule has 0 radical (unpaired) electrons. The molecular weight excluding hydrogens is 743 g/mol. The Labute approximate surface area is 344 Å².